The molecule has 1 saturated heterocycles. The summed E-state index contributed by atoms with van der Waals surface area (Å²) in [5.41, 5.74) is 0. The minimum atomic E-state index is -6.48. The first-order chi connectivity index (χ1) is 14.9. The molecule has 0 spiro atoms. The second-order valence-electron chi connectivity index (χ2n) is 6.65. The third-order valence-corrected chi connectivity index (χ3v) is 5.25. The Labute approximate surface area is 183 Å². The van der Waals surface area contributed by atoms with Gasteiger partial charge >= 0.3 is 45.1 Å². The molecule has 1 atom stereocenters. The van der Waals surface area contributed by atoms with Gasteiger partial charge in [0.15, 0.2) is 0 Å². The minimum absolute atomic E-state index is 0.133. The molecule has 33 heavy (non-hydrogen) atoms. The molecular weight excluding hydrogens is 499 g/mol. The van der Waals surface area contributed by atoms with E-state index >= 15 is 0 Å². The minimum Gasteiger partial charge on any atom is -0.412 e. The van der Waals surface area contributed by atoms with Crippen molar-refractivity contribution in [1.82, 2.24) is 4.90 Å². The van der Waals surface area contributed by atoms with Crippen molar-refractivity contribution >= 4 is 22.0 Å². The molecule has 0 aliphatic carbocycles. The summed E-state index contributed by atoms with van der Waals surface area (Å²) in [6.45, 7) is 0.826. The van der Waals surface area contributed by atoms with Crippen LogP contribution in [0.1, 0.15) is 19.3 Å². The highest BCUT2D eigenvalue weighted by atomic mass is 32.2. The maximum Gasteiger partial charge on any atom is 0.466 e. The van der Waals surface area contributed by atoms with E-state index in [1.807, 2.05) is 0 Å². The van der Waals surface area contributed by atoms with Crippen molar-refractivity contribution < 1.29 is 67.5 Å². The highest BCUT2D eigenvalue weighted by Crippen LogP contribution is 2.42. The van der Waals surface area contributed by atoms with Gasteiger partial charge in [-0.05, 0) is 12.8 Å². The van der Waals surface area contributed by atoms with Crippen LogP contribution >= 0.6 is 0 Å². The second-order valence-corrected chi connectivity index (χ2v) is 8.11. The zero-order valence-corrected chi connectivity index (χ0v) is 17.6. The summed E-state index contributed by atoms with van der Waals surface area (Å²) >= 11 is 0. The van der Waals surface area contributed by atoms with Gasteiger partial charge in [-0.15, -0.1) is 0 Å². The van der Waals surface area contributed by atoms with Crippen LogP contribution in [-0.4, -0.2) is 85.8 Å². The highest BCUT2D eigenvalue weighted by molar-refractivity contribution is 7.87. The van der Waals surface area contributed by atoms with E-state index < -0.39 is 71.0 Å². The Bertz CT molecular complexity index is 827. The van der Waals surface area contributed by atoms with Gasteiger partial charge in [-0.3, -0.25) is 9.35 Å². The molecule has 1 N–H and O–H groups in total. The molecule has 1 rings (SSSR count). The van der Waals surface area contributed by atoms with E-state index in [1.165, 1.54) is 0 Å². The standard InChI is InChI=1S/C16H20F7NO8S/c1-2-11(25)32-14(15(19,20)21,12(26)24-6-9-30-10-7-24)31-8-4-3-5-13(17,18)16(22,23)33(27,28)29/h2H,1,3-10H2,(H,27,28,29). The first kappa shape index (κ1) is 29.1. The van der Waals surface area contributed by atoms with Crippen LogP contribution in [0.25, 0.3) is 0 Å². The number of hydrogen-bond donors (Lipinski definition) is 1. The molecule has 9 nitrogen and oxygen atoms in total. The van der Waals surface area contributed by atoms with Gasteiger partial charge in [-0.2, -0.15) is 39.2 Å². The lowest BCUT2D eigenvalue weighted by Crippen LogP contribution is -2.63. The van der Waals surface area contributed by atoms with Gasteiger partial charge in [-0.25, -0.2) is 4.79 Å². The van der Waals surface area contributed by atoms with Crippen molar-refractivity contribution in [2.45, 2.75) is 42.4 Å². The molecule has 1 heterocycles. The SMILES string of the molecule is C=CC(=O)OC(OCCCCC(F)(F)C(F)(F)S(=O)(=O)O)(C(=O)N1CCOCC1)C(F)(F)F. The van der Waals surface area contributed by atoms with Crippen molar-refractivity contribution in [2.24, 2.45) is 0 Å². The fraction of sp³-hybridized carbons (Fsp3) is 0.750. The van der Waals surface area contributed by atoms with Crippen LogP contribution in [0.3, 0.4) is 0 Å². The molecule has 1 fully saturated rings. The lowest BCUT2D eigenvalue weighted by Gasteiger charge is -2.38. The first-order valence-corrected chi connectivity index (χ1v) is 10.5. The van der Waals surface area contributed by atoms with E-state index in [0.29, 0.717) is 11.0 Å². The predicted octanol–water partition coefficient (Wildman–Crippen LogP) is 2.14. The Hall–Kier alpha value is -1.98. The largest absolute Gasteiger partial charge is 0.466 e. The van der Waals surface area contributed by atoms with Crippen LogP contribution < -0.4 is 0 Å². The number of carbonyl (C=O) groups is 2. The van der Waals surface area contributed by atoms with Crippen LogP contribution in [-0.2, 0) is 33.9 Å². The van der Waals surface area contributed by atoms with Crippen LogP contribution in [0, 0.1) is 0 Å². The maximum atomic E-state index is 13.8. The highest BCUT2D eigenvalue weighted by Gasteiger charge is 2.67. The smallest absolute Gasteiger partial charge is 0.412 e. The third kappa shape index (κ3) is 6.54. The molecule has 1 aliphatic heterocycles. The predicted molar refractivity (Wildman–Crippen MR) is 93.7 cm³/mol. The van der Waals surface area contributed by atoms with Gasteiger partial charge in [0.25, 0.3) is 0 Å². The molecular formula is C16H20F7NO8S. The molecule has 0 aromatic rings. The van der Waals surface area contributed by atoms with E-state index in [-0.39, 0.29) is 26.3 Å². The lowest BCUT2D eigenvalue weighted by atomic mass is 10.1. The number of nitrogens with zero attached hydrogens (tertiary/aromatic N) is 1. The number of esters is 1. The Morgan fingerprint density at radius 3 is 2.06 bits per heavy atom. The molecule has 0 bridgehead atoms. The number of amides is 1. The van der Waals surface area contributed by atoms with Crippen molar-refractivity contribution in [2.75, 3.05) is 32.9 Å². The lowest BCUT2D eigenvalue weighted by molar-refractivity contribution is -0.350. The van der Waals surface area contributed by atoms with Crippen molar-refractivity contribution in [3.63, 3.8) is 0 Å². The number of carbonyl (C=O) groups excluding carboxylic acids is 2. The molecule has 1 aliphatic rings. The molecule has 0 radical (unpaired) electrons. The molecule has 0 aromatic heterocycles. The van der Waals surface area contributed by atoms with Crippen LogP contribution in [0.15, 0.2) is 12.7 Å². The fourth-order valence-electron chi connectivity index (χ4n) is 2.55. The topological polar surface area (TPSA) is 119 Å². The van der Waals surface area contributed by atoms with Crippen LogP contribution in [0.2, 0.25) is 0 Å². The summed E-state index contributed by atoms with van der Waals surface area (Å²) in [5.74, 6) is -13.0. The second kappa shape index (κ2) is 10.5. The third-order valence-electron chi connectivity index (χ3n) is 4.30. The Balaban J connectivity index is 2.99. The Morgan fingerprint density at radius 2 is 1.61 bits per heavy atom. The summed E-state index contributed by atoms with van der Waals surface area (Å²) in [7, 11) is -6.48. The number of alkyl halides is 7. The van der Waals surface area contributed by atoms with E-state index in [1.54, 1.807) is 0 Å². The number of halogens is 7. The number of unbranched alkanes of at least 4 members (excludes halogenated alkanes) is 1. The van der Waals surface area contributed by atoms with Gasteiger partial charge in [-0.1, -0.05) is 6.58 Å². The molecule has 192 valence electrons. The van der Waals surface area contributed by atoms with Gasteiger partial charge in [0, 0.05) is 25.6 Å². The van der Waals surface area contributed by atoms with E-state index in [2.05, 4.69) is 16.1 Å². The molecule has 1 unspecified atom stereocenters. The molecule has 0 aromatic carbocycles. The average Bonchev–Trinajstić information content (AvgIpc) is 2.70. The van der Waals surface area contributed by atoms with Crippen molar-refractivity contribution in [1.29, 1.82) is 0 Å². The van der Waals surface area contributed by atoms with Gasteiger partial charge in [0.2, 0.25) is 0 Å². The van der Waals surface area contributed by atoms with Crippen LogP contribution in [0.4, 0.5) is 30.7 Å². The van der Waals surface area contributed by atoms with E-state index in [9.17, 15) is 48.7 Å². The van der Waals surface area contributed by atoms with Crippen molar-refractivity contribution in [3.05, 3.63) is 12.7 Å². The Kier molecular flexibility index (Phi) is 9.26. The van der Waals surface area contributed by atoms with Gasteiger partial charge < -0.3 is 19.1 Å². The van der Waals surface area contributed by atoms with E-state index in [4.69, 9.17) is 9.29 Å². The summed E-state index contributed by atoms with van der Waals surface area (Å²) in [6, 6.07) is 0. The fourth-order valence-corrected chi connectivity index (χ4v) is 3.03. The average molecular weight is 519 g/mol. The molecule has 1 amide bonds. The van der Waals surface area contributed by atoms with Gasteiger partial charge in [0.05, 0.1) is 19.8 Å². The first-order valence-electron chi connectivity index (χ1n) is 9.09. The monoisotopic (exact) mass is 519 g/mol. The molecule has 0 saturated carbocycles. The number of hydrogen-bond acceptors (Lipinski definition) is 7. The van der Waals surface area contributed by atoms with E-state index in [0.717, 1.165) is 0 Å². The van der Waals surface area contributed by atoms with Crippen molar-refractivity contribution in [3.8, 4) is 0 Å². The normalized spacial score (nSPS) is 17.9. The zero-order chi connectivity index (χ0) is 25.7. The maximum absolute atomic E-state index is 13.8. The zero-order valence-electron chi connectivity index (χ0n) is 16.7. The molecule has 17 heteroatoms. The number of rotatable bonds is 11. The summed E-state index contributed by atoms with van der Waals surface area (Å²) < 4.78 is 138. The van der Waals surface area contributed by atoms with Gasteiger partial charge in [0.1, 0.15) is 0 Å². The number of ether oxygens (including phenoxy) is 3. The summed E-state index contributed by atoms with van der Waals surface area (Å²) in [5, 5.41) is -5.84. The van der Waals surface area contributed by atoms with Crippen LogP contribution in [0.5, 0.6) is 0 Å². The summed E-state index contributed by atoms with van der Waals surface area (Å²) in [6.07, 6.45) is -9.05. The quantitative estimate of drug-likeness (QED) is 0.110. The Morgan fingerprint density at radius 1 is 1.06 bits per heavy atom. The summed E-state index contributed by atoms with van der Waals surface area (Å²) in [4.78, 5) is 24.7. The number of morpholine rings is 1.